The van der Waals surface area contributed by atoms with Crippen LogP contribution in [0, 0.1) is 0 Å². The van der Waals surface area contributed by atoms with Crippen molar-refractivity contribution < 1.29 is 4.57 Å². The highest BCUT2D eigenvalue weighted by Gasteiger charge is 2.18. The molecule has 0 fully saturated rings. The first-order valence-electron chi connectivity index (χ1n) is 5.59. The maximum absolute atomic E-state index is 12.2. The molecule has 1 aromatic carbocycles. The van der Waals surface area contributed by atoms with Crippen LogP contribution in [0.3, 0.4) is 0 Å². The number of benzene rings is 1. The largest absolute Gasteiger partial charge is 0.381 e. The Balaban J connectivity index is 2.42. The zero-order chi connectivity index (χ0) is 14.9. The Morgan fingerprint density at radius 3 is 2.60 bits per heavy atom. The van der Waals surface area contributed by atoms with Crippen LogP contribution in [0.15, 0.2) is 34.3 Å². The summed E-state index contributed by atoms with van der Waals surface area (Å²) in [7, 11) is -2.44. The topological polar surface area (TPSA) is 68.9 Å². The van der Waals surface area contributed by atoms with Crippen LogP contribution in [0.2, 0.25) is 10.2 Å². The zero-order valence-electron chi connectivity index (χ0n) is 10.8. The van der Waals surface area contributed by atoms with Crippen molar-refractivity contribution in [2.24, 2.45) is 0 Å². The molecule has 8 heteroatoms. The monoisotopic (exact) mass is 347 g/mol. The van der Waals surface area contributed by atoms with Crippen LogP contribution in [0.25, 0.3) is 0 Å². The van der Waals surface area contributed by atoms with Gasteiger partial charge in [-0.05, 0) is 25.5 Å². The quantitative estimate of drug-likeness (QED) is 0.856. The standard InChI is InChI=1S/C12H12Cl2N3OPS/c1-19(2,18)7-4-3-5-8(10(7)14)20-12-11(15)17-9(13)6-16-12/h3-6H,1-2H3,(H2,15,17). The van der Waals surface area contributed by atoms with Gasteiger partial charge >= 0.3 is 0 Å². The van der Waals surface area contributed by atoms with Crippen LogP contribution in [0.5, 0.6) is 0 Å². The van der Waals surface area contributed by atoms with E-state index < -0.39 is 7.14 Å². The molecule has 0 amide bonds. The molecule has 2 N–H and O–H groups in total. The molecular formula is C12H12Cl2N3OPS. The Bertz CT molecular complexity index is 705. The number of nitrogens with two attached hydrogens (primary N) is 1. The smallest absolute Gasteiger partial charge is 0.158 e. The summed E-state index contributed by atoms with van der Waals surface area (Å²) in [6.45, 7) is 3.36. The fourth-order valence-corrected chi connectivity index (χ4v) is 4.46. The summed E-state index contributed by atoms with van der Waals surface area (Å²) in [4.78, 5) is 8.79. The molecule has 0 aliphatic heterocycles. The number of nitrogen functional groups attached to an aromatic ring is 1. The summed E-state index contributed by atoms with van der Waals surface area (Å²) < 4.78 is 12.2. The van der Waals surface area contributed by atoms with Crippen molar-refractivity contribution in [1.82, 2.24) is 9.97 Å². The third kappa shape index (κ3) is 3.47. The van der Waals surface area contributed by atoms with E-state index in [2.05, 4.69) is 9.97 Å². The van der Waals surface area contributed by atoms with Crippen molar-refractivity contribution >= 4 is 53.2 Å². The van der Waals surface area contributed by atoms with Gasteiger partial charge < -0.3 is 10.3 Å². The first-order chi connectivity index (χ1) is 9.29. The molecule has 0 unspecified atom stereocenters. The van der Waals surface area contributed by atoms with Crippen molar-refractivity contribution in [3.63, 3.8) is 0 Å². The highest BCUT2D eigenvalue weighted by Crippen LogP contribution is 2.42. The Morgan fingerprint density at radius 1 is 1.30 bits per heavy atom. The first-order valence-corrected chi connectivity index (χ1v) is 9.76. The predicted molar refractivity (Wildman–Crippen MR) is 86.1 cm³/mol. The molecule has 20 heavy (non-hydrogen) atoms. The van der Waals surface area contributed by atoms with Crippen LogP contribution >= 0.6 is 42.1 Å². The van der Waals surface area contributed by atoms with E-state index in [1.54, 1.807) is 19.4 Å². The van der Waals surface area contributed by atoms with Gasteiger partial charge in [0.25, 0.3) is 0 Å². The lowest BCUT2D eigenvalue weighted by molar-refractivity contribution is 0.588. The second kappa shape index (κ2) is 5.94. The lowest BCUT2D eigenvalue weighted by atomic mass is 10.4. The normalized spacial score (nSPS) is 11.6. The van der Waals surface area contributed by atoms with Gasteiger partial charge in [-0.25, -0.2) is 9.97 Å². The van der Waals surface area contributed by atoms with Gasteiger partial charge in [0.1, 0.15) is 17.3 Å². The molecular weight excluding hydrogens is 336 g/mol. The van der Waals surface area contributed by atoms with Gasteiger partial charge in [-0.1, -0.05) is 41.0 Å². The van der Waals surface area contributed by atoms with Crippen LogP contribution in [-0.4, -0.2) is 23.3 Å². The lowest BCUT2D eigenvalue weighted by Gasteiger charge is -2.12. The highest BCUT2D eigenvalue weighted by molar-refractivity contribution is 7.99. The number of nitrogens with zero attached hydrogens (tertiary/aromatic N) is 2. The van der Waals surface area contributed by atoms with E-state index in [-0.39, 0.29) is 11.0 Å². The summed E-state index contributed by atoms with van der Waals surface area (Å²) in [5.41, 5.74) is 5.77. The van der Waals surface area contributed by atoms with E-state index >= 15 is 0 Å². The molecule has 0 atom stereocenters. The lowest BCUT2D eigenvalue weighted by Crippen LogP contribution is -2.05. The summed E-state index contributed by atoms with van der Waals surface area (Å²) >= 11 is 13.3. The first kappa shape index (κ1) is 15.6. The van der Waals surface area contributed by atoms with Crippen molar-refractivity contribution in [3.8, 4) is 0 Å². The summed E-state index contributed by atoms with van der Waals surface area (Å²) in [6.07, 6.45) is 1.42. The van der Waals surface area contributed by atoms with Crippen LogP contribution in [0.4, 0.5) is 5.82 Å². The molecule has 0 aliphatic carbocycles. The predicted octanol–water partition coefficient (Wildman–Crippen LogP) is 3.76. The summed E-state index contributed by atoms with van der Waals surface area (Å²) in [6, 6.07) is 5.40. The molecule has 0 radical (unpaired) electrons. The molecule has 1 aromatic heterocycles. The van der Waals surface area contributed by atoms with Gasteiger partial charge in [-0.2, -0.15) is 0 Å². The Hall–Kier alpha value is -0.740. The molecule has 0 saturated heterocycles. The molecule has 0 bridgehead atoms. The van der Waals surface area contributed by atoms with Crippen LogP contribution < -0.4 is 11.0 Å². The van der Waals surface area contributed by atoms with Crippen molar-refractivity contribution in [2.45, 2.75) is 9.92 Å². The molecule has 0 saturated carbocycles. The average molecular weight is 348 g/mol. The number of aromatic nitrogens is 2. The van der Waals surface area contributed by atoms with Gasteiger partial charge in [-0.15, -0.1) is 0 Å². The molecule has 106 valence electrons. The fraction of sp³-hybridized carbons (Fsp3) is 0.167. The van der Waals surface area contributed by atoms with Crippen molar-refractivity contribution in [2.75, 3.05) is 19.1 Å². The number of anilines is 1. The van der Waals surface area contributed by atoms with Gasteiger partial charge in [0.15, 0.2) is 5.82 Å². The number of hydrogen-bond donors (Lipinski definition) is 1. The van der Waals surface area contributed by atoms with E-state index in [1.165, 1.54) is 18.0 Å². The Morgan fingerprint density at radius 2 is 2.00 bits per heavy atom. The van der Waals surface area contributed by atoms with E-state index in [0.717, 1.165) is 4.90 Å². The number of halogens is 2. The molecule has 0 spiro atoms. The summed E-state index contributed by atoms with van der Waals surface area (Å²) in [5, 5.41) is 1.85. The minimum atomic E-state index is -2.44. The average Bonchev–Trinajstić information content (AvgIpc) is 2.33. The second-order valence-corrected chi connectivity index (χ2v) is 9.40. The Labute approximate surface area is 131 Å². The van der Waals surface area contributed by atoms with Gasteiger partial charge in [0, 0.05) is 10.2 Å². The van der Waals surface area contributed by atoms with Gasteiger partial charge in [-0.3, -0.25) is 0 Å². The van der Waals surface area contributed by atoms with E-state index in [1.807, 2.05) is 12.1 Å². The number of rotatable bonds is 3. The maximum Gasteiger partial charge on any atom is 0.158 e. The molecule has 4 nitrogen and oxygen atoms in total. The molecule has 0 aliphatic rings. The fourth-order valence-electron chi connectivity index (χ4n) is 1.55. The molecule has 2 aromatic rings. The third-order valence-electron chi connectivity index (χ3n) is 2.46. The van der Waals surface area contributed by atoms with Gasteiger partial charge in [0.05, 0.1) is 11.2 Å². The molecule has 1 heterocycles. The van der Waals surface area contributed by atoms with Crippen LogP contribution in [0.1, 0.15) is 0 Å². The summed E-state index contributed by atoms with van der Waals surface area (Å²) in [5.74, 6) is 0.236. The minimum Gasteiger partial charge on any atom is -0.381 e. The minimum absolute atomic E-state index is 0.235. The van der Waals surface area contributed by atoms with Crippen molar-refractivity contribution in [3.05, 3.63) is 34.6 Å². The highest BCUT2D eigenvalue weighted by atomic mass is 35.5. The van der Waals surface area contributed by atoms with Crippen LogP contribution in [-0.2, 0) is 4.57 Å². The molecule has 2 rings (SSSR count). The van der Waals surface area contributed by atoms with E-state index in [0.29, 0.717) is 15.4 Å². The third-order valence-corrected chi connectivity index (χ3v) is 5.90. The van der Waals surface area contributed by atoms with E-state index in [9.17, 15) is 4.57 Å². The van der Waals surface area contributed by atoms with Crippen molar-refractivity contribution in [1.29, 1.82) is 0 Å². The second-order valence-electron chi connectivity index (χ2n) is 4.43. The van der Waals surface area contributed by atoms with Gasteiger partial charge in [0.2, 0.25) is 0 Å². The Kier molecular flexibility index (Phi) is 4.65. The van der Waals surface area contributed by atoms with E-state index in [4.69, 9.17) is 28.9 Å². The zero-order valence-corrected chi connectivity index (χ0v) is 14.0. The maximum atomic E-state index is 12.2. The number of hydrogen-bond acceptors (Lipinski definition) is 5. The SMILES string of the molecule is CP(C)(=O)c1cccc(Sc2ncc(Cl)nc2N)c1Cl.